The van der Waals surface area contributed by atoms with Crippen molar-refractivity contribution in [1.82, 2.24) is 5.43 Å². The molecular weight excluding hydrogens is 234 g/mol. The summed E-state index contributed by atoms with van der Waals surface area (Å²) < 4.78 is 0. The van der Waals surface area contributed by atoms with Crippen molar-refractivity contribution in [2.45, 2.75) is 63.8 Å². The van der Waals surface area contributed by atoms with E-state index in [2.05, 4.69) is 5.43 Å². The van der Waals surface area contributed by atoms with E-state index in [4.69, 9.17) is 10.8 Å². The molecule has 0 radical (unpaired) electrons. The Morgan fingerprint density at radius 2 is 1.47 bits per heavy atom. The van der Waals surface area contributed by atoms with Gasteiger partial charge in [-0.2, -0.15) is 0 Å². The van der Waals surface area contributed by atoms with Crippen molar-refractivity contribution in [1.29, 1.82) is 0 Å². The maximum atomic E-state index is 5.85. The molecule has 3 N–H and O–H groups in total. The summed E-state index contributed by atoms with van der Waals surface area (Å²) in [5, 5.41) is 0. The Morgan fingerprint density at radius 3 is 2.00 bits per heavy atom. The molecule has 0 aromatic carbocycles. The van der Waals surface area contributed by atoms with Crippen LogP contribution in [0.3, 0.4) is 0 Å². The number of hydrogen-bond acceptors (Lipinski definition) is 2. The van der Waals surface area contributed by atoms with Crippen molar-refractivity contribution >= 4 is 5.84 Å². The van der Waals surface area contributed by atoms with E-state index in [1.165, 1.54) is 63.6 Å². The largest absolute Gasteiger partial charge is 0.312 e. The SMILES string of the molecule is NNC(=NC1CCCC1)C1C2CC3CC(C2)CC1C3. The van der Waals surface area contributed by atoms with E-state index >= 15 is 0 Å². The van der Waals surface area contributed by atoms with Gasteiger partial charge in [-0.05, 0) is 68.6 Å². The monoisotopic (exact) mass is 261 g/mol. The van der Waals surface area contributed by atoms with Crippen LogP contribution in [0.5, 0.6) is 0 Å². The molecule has 0 aromatic rings. The molecular formula is C16H27N3. The molecule has 3 nitrogen and oxygen atoms in total. The highest BCUT2D eigenvalue weighted by Gasteiger charge is 2.49. The lowest BCUT2D eigenvalue weighted by Gasteiger charge is -2.54. The first-order chi connectivity index (χ1) is 9.33. The summed E-state index contributed by atoms with van der Waals surface area (Å²) in [5.74, 6) is 11.5. The van der Waals surface area contributed by atoms with Gasteiger partial charge in [0.25, 0.3) is 0 Å². The topological polar surface area (TPSA) is 50.4 Å². The lowest BCUT2D eigenvalue weighted by Crippen LogP contribution is -2.52. The molecule has 5 rings (SSSR count). The average Bonchev–Trinajstić information content (AvgIpc) is 2.89. The molecule has 5 fully saturated rings. The van der Waals surface area contributed by atoms with Crippen LogP contribution < -0.4 is 11.3 Å². The van der Waals surface area contributed by atoms with Gasteiger partial charge >= 0.3 is 0 Å². The average molecular weight is 261 g/mol. The molecule has 0 heterocycles. The number of aliphatic imine (C=N–C) groups is 1. The van der Waals surface area contributed by atoms with Crippen LogP contribution in [0.25, 0.3) is 0 Å². The minimum atomic E-state index is 0.559. The number of nitrogens with zero attached hydrogens (tertiary/aromatic N) is 1. The van der Waals surface area contributed by atoms with E-state index in [1.54, 1.807) is 0 Å². The number of hydrogen-bond donors (Lipinski definition) is 2. The molecule has 0 unspecified atom stereocenters. The highest BCUT2D eigenvalue weighted by atomic mass is 15.3. The van der Waals surface area contributed by atoms with Crippen LogP contribution in [0.1, 0.15) is 57.8 Å². The Labute approximate surface area is 116 Å². The molecule has 0 atom stereocenters. The predicted molar refractivity (Wildman–Crippen MR) is 77.5 cm³/mol. The summed E-state index contributed by atoms with van der Waals surface area (Å²) in [4.78, 5) is 5.02. The third-order valence-corrected chi connectivity index (χ3v) is 6.34. The number of hydrazine groups is 1. The van der Waals surface area contributed by atoms with Crippen LogP contribution in [0.4, 0.5) is 0 Å². The van der Waals surface area contributed by atoms with E-state index in [1.807, 2.05) is 0 Å². The molecule has 0 aliphatic heterocycles. The Morgan fingerprint density at radius 1 is 0.895 bits per heavy atom. The first-order valence-corrected chi connectivity index (χ1v) is 8.37. The third-order valence-electron chi connectivity index (χ3n) is 6.34. The minimum Gasteiger partial charge on any atom is -0.312 e. The van der Waals surface area contributed by atoms with Gasteiger partial charge in [0.1, 0.15) is 5.84 Å². The molecule has 5 aliphatic carbocycles. The molecule has 4 bridgehead atoms. The van der Waals surface area contributed by atoms with Crippen LogP contribution in [-0.4, -0.2) is 11.9 Å². The molecule has 5 aliphatic rings. The molecule has 5 saturated carbocycles. The maximum Gasteiger partial charge on any atom is 0.114 e. The summed E-state index contributed by atoms with van der Waals surface area (Å²) in [6.45, 7) is 0. The van der Waals surface area contributed by atoms with Crippen molar-refractivity contribution in [3.8, 4) is 0 Å². The van der Waals surface area contributed by atoms with Crippen LogP contribution in [-0.2, 0) is 0 Å². The number of amidine groups is 1. The van der Waals surface area contributed by atoms with Crippen LogP contribution in [0, 0.1) is 29.6 Å². The van der Waals surface area contributed by atoms with Crippen LogP contribution >= 0.6 is 0 Å². The number of nitrogens with one attached hydrogen (secondary N) is 1. The Bertz CT molecular complexity index is 342. The second-order valence-electron chi connectivity index (χ2n) is 7.55. The van der Waals surface area contributed by atoms with Gasteiger partial charge in [0, 0.05) is 5.92 Å². The maximum absolute atomic E-state index is 5.85. The second kappa shape index (κ2) is 4.76. The van der Waals surface area contributed by atoms with Gasteiger partial charge in [-0.25, -0.2) is 5.84 Å². The van der Waals surface area contributed by atoms with Crippen molar-refractivity contribution in [2.24, 2.45) is 40.4 Å². The first kappa shape index (κ1) is 12.2. The predicted octanol–water partition coefficient (Wildman–Crippen LogP) is 2.86. The van der Waals surface area contributed by atoms with E-state index in [-0.39, 0.29) is 0 Å². The van der Waals surface area contributed by atoms with Crippen molar-refractivity contribution in [2.75, 3.05) is 0 Å². The summed E-state index contributed by atoms with van der Waals surface area (Å²) >= 11 is 0. The molecule has 0 spiro atoms. The first-order valence-electron chi connectivity index (χ1n) is 8.37. The van der Waals surface area contributed by atoms with Gasteiger partial charge in [0.05, 0.1) is 6.04 Å². The number of nitrogens with two attached hydrogens (primary N) is 1. The van der Waals surface area contributed by atoms with Crippen LogP contribution in [0.2, 0.25) is 0 Å². The van der Waals surface area contributed by atoms with E-state index in [0.29, 0.717) is 12.0 Å². The van der Waals surface area contributed by atoms with E-state index in [9.17, 15) is 0 Å². The lowest BCUT2D eigenvalue weighted by atomic mass is 9.51. The lowest BCUT2D eigenvalue weighted by molar-refractivity contribution is -0.00961. The summed E-state index contributed by atoms with van der Waals surface area (Å²) in [6.07, 6.45) is 12.6. The van der Waals surface area contributed by atoms with Gasteiger partial charge in [-0.1, -0.05) is 12.8 Å². The zero-order valence-electron chi connectivity index (χ0n) is 11.9. The Kier molecular flexibility index (Phi) is 3.06. The minimum absolute atomic E-state index is 0.559. The normalized spacial score (nSPS) is 45.9. The highest BCUT2D eigenvalue weighted by molar-refractivity contribution is 5.85. The van der Waals surface area contributed by atoms with Gasteiger partial charge in [-0.15, -0.1) is 0 Å². The van der Waals surface area contributed by atoms with Crippen molar-refractivity contribution < 1.29 is 0 Å². The number of rotatable bonds is 2. The summed E-state index contributed by atoms with van der Waals surface area (Å²) in [5.41, 5.74) is 3.01. The van der Waals surface area contributed by atoms with E-state index < -0.39 is 0 Å². The van der Waals surface area contributed by atoms with Crippen LogP contribution in [0.15, 0.2) is 4.99 Å². The van der Waals surface area contributed by atoms with Gasteiger partial charge in [0.15, 0.2) is 0 Å². The third kappa shape index (κ3) is 2.10. The fourth-order valence-corrected chi connectivity index (χ4v) is 5.82. The molecule has 106 valence electrons. The standard InChI is InChI=1S/C16H27N3/c17-19-16(18-14-3-1-2-4-14)15-12-6-10-5-11(8-12)9-13(15)7-10/h10-15H,1-9,17H2,(H,18,19). The van der Waals surface area contributed by atoms with Crippen molar-refractivity contribution in [3.05, 3.63) is 0 Å². The van der Waals surface area contributed by atoms with E-state index in [0.717, 1.165) is 23.7 Å². The summed E-state index contributed by atoms with van der Waals surface area (Å²) in [6, 6.07) is 0.559. The van der Waals surface area contributed by atoms with Gasteiger partial charge in [-0.3, -0.25) is 4.99 Å². The molecule has 0 aromatic heterocycles. The Balaban J connectivity index is 1.56. The zero-order valence-corrected chi connectivity index (χ0v) is 11.9. The van der Waals surface area contributed by atoms with Crippen molar-refractivity contribution in [3.63, 3.8) is 0 Å². The smallest absolute Gasteiger partial charge is 0.114 e. The second-order valence-corrected chi connectivity index (χ2v) is 7.55. The van der Waals surface area contributed by atoms with Gasteiger partial charge in [0.2, 0.25) is 0 Å². The molecule has 3 heteroatoms. The highest BCUT2D eigenvalue weighted by Crippen LogP contribution is 2.56. The van der Waals surface area contributed by atoms with Gasteiger partial charge < -0.3 is 5.43 Å². The molecule has 19 heavy (non-hydrogen) atoms. The quantitative estimate of drug-likeness (QED) is 0.347. The molecule has 0 saturated heterocycles. The Hall–Kier alpha value is -0.570. The molecule has 0 amide bonds. The fourth-order valence-electron chi connectivity index (χ4n) is 5.82. The zero-order chi connectivity index (χ0) is 12.8. The summed E-state index contributed by atoms with van der Waals surface area (Å²) in [7, 11) is 0. The fraction of sp³-hybridized carbons (Fsp3) is 0.938.